The first-order valence-electron chi connectivity index (χ1n) is 7.61. The van der Waals surface area contributed by atoms with E-state index in [2.05, 4.69) is 17.1 Å². The number of benzene rings is 1. The van der Waals surface area contributed by atoms with Crippen LogP contribution < -0.4 is 11.1 Å². The molecule has 1 amide bonds. The number of rotatable bonds is 6. The number of nitrogens with two attached hydrogens (primary N) is 1. The summed E-state index contributed by atoms with van der Waals surface area (Å²) in [5, 5.41) is 3.10. The van der Waals surface area contributed by atoms with Crippen LogP contribution in [0, 0.1) is 0 Å². The average Bonchev–Trinajstić information content (AvgIpc) is 2.49. The van der Waals surface area contributed by atoms with E-state index in [9.17, 15) is 4.79 Å². The van der Waals surface area contributed by atoms with Crippen LogP contribution in [0.3, 0.4) is 0 Å². The Bertz CT molecular complexity index is 441. The third-order valence-electron chi connectivity index (χ3n) is 3.79. The number of hydrogen-bond donors (Lipinski definition) is 2. The Balaban J connectivity index is 1.80. The smallest absolute Gasteiger partial charge is 0.234 e. The Morgan fingerprint density at radius 1 is 1.33 bits per heavy atom. The fraction of sp³-hybridized carbons (Fsp3) is 0.562. The van der Waals surface area contributed by atoms with Crippen molar-refractivity contribution in [3.8, 4) is 0 Å². The minimum atomic E-state index is 0.0965. The van der Waals surface area contributed by atoms with Crippen LogP contribution in [-0.4, -0.2) is 43.2 Å². The molecule has 1 aliphatic heterocycles. The van der Waals surface area contributed by atoms with E-state index in [1.807, 2.05) is 24.3 Å². The van der Waals surface area contributed by atoms with Gasteiger partial charge in [-0.15, -0.1) is 0 Å². The predicted octanol–water partition coefficient (Wildman–Crippen LogP) is 1.39. The van der Waals surface area contributed by atoms with E-state index in [0.717, 1.165) is 44.8 Å². The highest BCUT2D eigenvalue weighted by Gasteiger charge is 2.17. The second-order valence-corrected chi connectivity index (χ2v) is 5.50. The molecular formula is C16H25N3O2. The number of ether oxygens (including phenoxy) is 1. The summed E-state index contributed by atoms with van der Waals surface area (Å²) in [5.74, 6) is 0.0965. The van der Waals surface area contributed by atoms with Crippen LogP contribution in [0.15, 0.2) is 24.3 Å². The van der Waals surface area contributed by atoms with Gasteiger partial charge >= 0.3 is 0 Å². The molecule has 1 aromatic rings. The van der Waals surface area contributed by atoms with Crippen molar-refractivity contribution >= 4 is 11.6 Å². The molecule has 21 heavy (non-hydrogen) atoms. The quantitative estimate of drug-likeness (QED) is 0.777. The lowest BCUT2D eigenvalue weighted by molar-refractivity contribution is -0.123. The Labute approximate surface area is 126 Å². The minimum absolute atomic E-state index is 0.0965. The van der Waals surface area contributed by atoms with Crippen molar-refractivity contribution in [3.63, 3.8) is 0 Å². The normalized spacial score (nSPS) is 16.1. The molecule has 5 heteroatoms. The molecule has 116 valence electrons. The molecule has 0 spiro atoms. The SMILES string of the molecule is CCN(CC(=O)NC1CCOCC1)Cc1ccc(N)cc1. The molecule has 0 saturated carbocycles. The van der Waals surface area contributed by atoms with Gasteiger partial charge in [0.15, 0.2) is 0 Å². The van der Waals surface area contributed by atoms with Gasteiger partial charge in [0.05, 0.1) is 6.54 Å². The van der Waals surface area contributed by atoms with Gasteiger partial charge in [-0.3, -0.25) is 9.69 Å². The van der Waals surface area contributed by atoms with E-state index in [4.69, 9.17) is 10.5 Å². The lowest BCUT2D eigenvalue weighted by Gasteiger charge is -2.25. The summed E-state index contributed by atoms with van der Waals surface area (Å²) in [6.07, 6.45) is 1.83. The number of carbonyl (C=O) groups excluding carboxylic acids is 1. The van der Waals surface area contributed by atoms with Crippen molar-refractivity contribution in [2.75, 3.05) is 32.0 Å². The second kappa shape index (κ2) is 8.00. The molecule has 0 radical (unpaired) electrons. The molecule has 0 atom stereocenters. The van der Waals surface area contributed by atoms with E-state index in [-0.39, 0.29) is 11.9 Å². The third kappa shape index (κ3) is 5.36. The Morgan fingerprint density at radius 3 is 2.62 bits per heavy atom. The van der Waals surface area contributed by atoms with Gasteiger partial charge in [0.25, 0.3) is 0 Å². The first-order valence-corrected chi connectivity index (χ1v) is 7.61. The Morgan fingerprint density at radius 2 is 2.00 bits per heavy atom. The van der Waals surface area contributed by atoms with Gasteiger partial charge in [-0.25, -0.2) is 0 Å². The molecule has 5 nitrogen and oxygen atoms in total. The zero-order valence-electron chi connectivity index (χ0n) is 12.7. The first kappa shape index (κ1) is 15.8. The molecule has 3 N–H and O–H groups in total. The fourth-order valence-electron chi connectivity index (χ4n) is 2.48. The lowest BCUT2D eigenvalue weighted by atomic mass is 10.1. The summed E-state index contributed by atoms with van der Waals surface area (Å²) < 4.78 is 5.30. The molecule has 0 aliphatic carbocycles. The van der Waals surface area contributed by atoms with Gasteiger partial charge in [-0.05, 0) is 37.1 Å². The van der Waals surface area contributed by atoms with Gasteiger partial charge in [0.1, 0.15) is 0 Å². The fourth-order valence-corrected chi connectivity index (χ4v) is 2.48. The standard InChI is InChI=1S/C16H25N3O2/c1-2-19(11-13-3-5-14(17)6-4-13)12-16(20)18-15-7-9-21-10-8-15/h3-6,15H,2,7-12,17H2,1H3,(H,18,20). The van der Waals surface area contributed by atoms with E-state index < -0.39 is 0 Å². The average molecular weight is 291 g/mol. The number of amides is 1. The van der Waals surface area contributed by atoms with E-state index in [1.54, 1.807) is 0 Å². The van der Waals surface area contributed by atoms with Crippen molar-refractivity contribution < 1.29 is 9.53 Å². The van der Waals surface area contributed by atoms with Crippen LogP contribution in [-0.2, 0) is 16.1 Å². The number of hydrogen-bond acceptors (Lipinski definition) is 4. The molecule has 0 bridgehead atoms. The molecule has 1 fully saturated rings. The van der Waals surface area contributed by atoms with Crippen molar-refractivity contribution in [2.45, 2.75) is 32.4 Å². The van der Waals surface area contributed by atoms with Gasteiger partial charge in [0.2, 0.25) is 5.91 Å². The van der Waals surface area contributed by atoms with E-state index in [0.29, 0.717) is 6.54 Å². The molecule has 0 unspecified atom stereocenters. The second-order valence-electron chi connectivity index (χ2n) is 5.50. The highest BCUT2D eigenvalue weighted by Crippen LogP contribution is 2.09. The lowest BCUT2D eigenvalue weighted by Crippen LogP contribution is -2.44. The largest absolute Gasteiger partial charge is 0.399 e. The zero-order valence-corrected chi connectivity index (χ0v) is 12.7. The molecule has 1 aliphatic rings. The van der Waals surface area contributed by atoms with Crippen molar-refractivity contribution in [2.24, 2.45) is 0 Å². The molecule has 2 rings (SSSR count). The highest BCUT2D eigenvalue weighted by molar-refractivity contribution is 5.78. The molecular weight excluding hydrogens is 266 g/mol. The molecule has 0 aromatic heterocycles. The zero-order chi connectivity index (χ0) is 15.1. The third-order valence-corrected chi connectivity index (χ3v) is 3.79. The Hall–Kier alpha value is -1.59. The van der Waals surface area contributed by atoms with Crippen molar-refractivity contribution in [3.05, 3.63) is 29.8 Å². The Kier molecular flexibility index (Phi) is 6.02. The van der Waals surface area contributed by atoms with Crippen molar-refractivity contribution in [1.82, 2.24) is 10.2 Å². The number of nitrogens with one attached hydrogen (secondary N) is 1. The van der Waals surface area contributed by atoms with Gasteiger partial charge in [-0.1, -0.05) is 19.1 Å². The van der Waals surface area contributed by atoms with Crippen LogP contribution in [0.4, 0.5) is 5.69 Å². The molecule has 1 heterocycles. The topological polar surface area (TPSA) is 67.6 Å². The van der Waals surface area contributed by atoms with Crippen LogP contribution in [0.1, 0.15) is 25.3 Å². The monoisotopic (exact) mass is 291 g/mol. The van der Waals surface area contributed by atoms with Crippen LogP contribution >= 0.6 is 0 Å². The summed E-state index contributed by atoms with van der Waals surface area (Å²) >= 11 is 0. The van der Waals surface area contributed by atoms with Gasteiger partial charge < -0.3 is 15.8 Å². The maximum absolute atomic E-state index is 12.1. The number of carbonyl (C=O) groups is 1. The minimum Gasteiger partial charge on any atom is -0.399 e. The van der Waals surface area contributed by atoms with Crippen molar-refractivity contribution in [1.29, 1.82) is 0 Å². The summed E-state index contributed by atoms with van der Waals surface area (Å²) in [5.41, 5.74) is 7.62. The number of nitrogen functional groups attached to an aromatic ring is 1. The summed E-state index contributed by atoms with van der Waals surface area (Å²) in [6.45, 7) is 5.59. The van der Waals surface area contributed by atoms with Gasteiger partial charge in [-0.2, -0.15) is 0 Å². The maximum Gasteiger partial charge on any atom is 0.234 e. The summed E-state index contributed by atoms with van der Waals surface area (Å²) in [4.78, 5) is 14.2. The van der Waals surface area contributed by atoms with E-state index in [1.165, 1.54) is 5.56 Å². The number of anilines is 1. The highest BCUT2D eigenvalue weighted by atomic mass is 16.5. The maximum atomic E-state index is 12.1. The van der Waals surface area contributed by atoms with Gasteiger partial charge in [0, 0.05) is 31.5 Å². The summed E-state index contributed by atoms with van der Waals surface area (Å²) in [7, 11) is 0. The van der Waals surface area contributed by atoms with Crippen LogP contribution in [0.25, 0.3) is 0 Å². The molecule has 1 aromatic carbocycles. The number of nitrogens with zero attached hydrogens (tertiary/aromatic N) is 1. The predicted molar refractivity (Wildman–Crippen MR) is 83.8 cm³/mol. The number of likely N-dealkylation sites (N-methyl/N-ethyl adjacent to an activating group) is 1. The van der Waals surface area contributed by atoms with Crippen LogP contribution in [0.5, 0.6) is 0 Å². The van der Waals surface area contributed by atoms with Crippen LogP contribution in [0.2, 0.25) is 0 Å². The summed E-state index contributed by atoms with van der Waals surface area (Å²) in [6, 6.07) is 8.07. The van der Waals surface area contributed by atoms with E-state index >= 15 is 0 Å². The molecule has 1 saturated heterocycles. The first-order chi connectivity index (χ1) is 10.2.